The Morgan fingerprint density at radius 2 is 0.529 bits per heavy atom. The van der Waals surface area contributed by atoms with Crippen LogP contribution in [0.2, 0.25) is 0 Å². The molecule has 0 radical (unpaired) electrons. The summed E-state index contributed by atoms with van der Waals surface area (Å²) in [6, 6.07) is 13.0. The predicted octanol–water partition coefficient (Wildman–Crippen LogP) is 3.58. The van der Waals surface area contributed by atoms with Crippen molar-refractivity contribution in [2.75, 3.05) is 6.54 Å². The lowest BCUT2D eigenvalue weighted by Crippen LogP contribution is -2.88. The fourth-order valence-corrected chi connectivity index (χ4v) is 23.8. The predicted molar refractivity (Wildman–Crippen MR) is 268 cm³/mol. The van der Waals surface area contributed by atoms with Gasteiger partial charge in [-0.2, -0.15) is 0 Å². The van der Waals surface area contributed by atoms with E-state index in [0.717, 1.165) is 90.1 Å². The summed E-state index contributed by atoms with van der Waals surface area (Å²) in [6.07, 6.45) is 34.1. The summed E-state index contributed by atoms with van der Waals surface area (Å²) in [5, 5.41) is 50.7. The van der Waals surface area contributed by atoms with Crippen molar-refractivity contribution in [2.24, 2.45) is 65.1 Å². The van der Waals surface area contributed by atoms with Gasteiger partial charge in [-0.15, -0.1) is 0 Å². The lowest BCUT2D eigenvalue weighted by molar-refractivity contribution is -0.0673. The molecule has 68 heavy (non-hydrogen) atoms. The number of piperidine rings is 3. The molecule has 11 N–H and O–H groups in total. The van der Waals surface area contributed by atoms with Gasteiger partial charge in [-0.3, -0.25) is 0 Å². The Morgan fingerprint density at radius 1 is 0.206 bits per heavy atom. The first-order valence-corrected chi connectivity index (χ1v) is 30.9. The van der Waals surface area contributed by atoms with Crippen molar-refractivity contribution in [1.29, 1.82) is 0 Å². The van der Waals surface area contributed by atoms with E-state index in [-0.39, 0.29) is 0 Å². The highest BCUT2D eigenvalue weighted by Gasteiger charge is 2.64. The normalized spacial score (nSPS) is 63.5. The highest BCUT2D eigenvalue weighted by molar-refractivity contribution is 5.25. The Labute approximate surface area is 409 Å². The summed E-state index contributed by atoms with van der Waals surface area (Å²) in [5.74, 6) is 8.70. The zero-order valence-electron chi connectivity index (χ0n) is 41.7. The van der Waals surface area contributed by atoms with Crippen LogP contribution in [0.5, 0.6) is 0 Å². The van der Waals surface area contributed by atoms with Crippen molar-refractivity contribution in [2.45, 2.75) is 281 Å². The fourth-order valence-electron chi connectivity index (χ4n) is 23.8. The number of rotatable bonds is 0. The summed E-state index contributed by atoms with van der Waals surface area (Å²) < 4.78 is 0. The highest BCUT2D eigenvalue weighted by Crippen LogP contribution is 2.52. The van der Waals surface area contributed by atoms with E-state index in [2.05, 4.69) is 31.9 Å². The van der Waals surface area contributed by atoms with Gasteiger partial charge in [-0.1, -0.05) is 25.7 Å². The van der Waals surface area contributed by atoms with Crippen LogP contribution < -0.4 is 58.5 Å². The maximum absolute atomic E-state index is 4.83. The minimum atomic E-state index is 0.455. The van der Waals surface area contributed by atoms with E-state index in [9.17, 15) is 0 Å². The molecule has 11 saturated heterocycles. The number of fused-ring (bicyclic) bond motifs is 18. The van der Waals surface area contributed by atoms with Gasteiger partial charge >= 0.3 is 0 Å². The van der Waals surface area contributed by atoms with Gasteiger partial charge in [0.2, 0.25) is 0 Å². The second-order valence-corrected chi connectivity index (χ2v) is 28.7. The van der Waals surface area contributed by atoms with Gasteiger partial charge in [-0.05, 0) is 194 Å². The van der Waals surface area contributed by atoms with Crippen molar-refractivity contribution in [1.82, 2.24) is 58.5 Å². The van der Waals surface area contributed by atoms with E-state index in [1.807, 2.05) is 0 Å². The Bertz CT molecular complexity index is 1640. The molecule has 17 fully saturated rings. The molecule has 17 aliphatic rings. The van der Waals surface area contributed by atoms with E-state index in [1.165, 1.54) is 154 Å². The van der Waals surface area contributed by atoms with Crippen LogP contribution in [0.3, 0.4) is 0 Å². The van der Waals surface area contributed by atoms with Crippen LogP contribution in [0.15, 0.2) is 0 Å². The summed E-state index contributed by atoms with van der Waals surface area (Å²) in [7, 11) is 0. The maximum atomic E-state index is 4.83. The molecule has 32 unspecified atom stereocenters. The molecule has 11 heterocycles. The van der Waals surface area contributed by atoms with Gasteiger partial charge in [-0.25, -0.2) is 0 Å². The van der Waals surface area contributed by atoms with Crippen molar-refractivity contribution in [3.05, 3.63) is 0 Å². The summed E-state index contributed by atoms with van der Waals surface area (Å²) in [5.41, 5.74) is 0. The molecule has 0 aromatic rings. The molecule has 0 amide bonds. The molecule has 32 atom stereocenters. The molecular formula is C57H93N11. The average molecular weight is 932 g/mol. The lowest BCUT2D eigenvalue weighted by Gasteiger charge is -2.67. The monoisotopic (exact) mass is 932 g/mol. The van der Waals surface area contributed by atoms with Crippen LogP contribution in [0.1, 0.15) is 154 Å². The van der Waals surface area contributed by atoms with Gasteiger partial charge in [0.25, 0.3) is 0 Å². The zero-order chi connectivity index (χ0) is 43.9. The first kappa shape index (κ1) is 42.9. The molecule has 376 valence electrons. The third-order valence-corrected chi connectivity index (χ3v) is 26.1. The molecule has 11 aliphatic heterocycles. The van der Waals surface area contributed by atoms with Crippen molar-refractivity contribution in [3.8, 4) is 0 Å². The molecule has 6 saturated carbocycles. The van der Waals surface area contributed by atoms with Crippen LogP contribution in [0.25, 0.3) is 0 Å². The van der Waals surface area contributed by atoms with Crippen molar-refractivity contribution >= 4 is 0 Å². The molecular weight excluding hydrogens is 839 g/mol. The Hall–Kier alpha value is -0.440. The smallest absolute Gasteiger partial charge is 0.0407 e. The molecule has 0 aromatic heterocycles. The van der Waals surface area contributed by atoms with Gasteiger partial charge < -0.3 is 58.5 Å². The van der Waals surface area contributed by atoms with Crippen molar-refractivity contribution < 1.29 is 0 Å². The lowest BCUT2D eigenvalue weighted by atomic mass is 9.57. The van der Waals surface area contributed by atoms with Gasteiger partial charge in [0, 0.05) is 133 Å². The highest BCUT2D eigenvalue weighted by atomic mass is 15.3. The number of nitrogens with one attached hydrogen (secondary N) is 11. The minimum absolute atomic E-state index is 0.455. The molecule has 0 aromatic carbocycles. The minimum Gasteiger partial charge on any atom is -0.311 e. The zero-order valence-corrected chi connectivity index (χ0v) is 41.7. The van der Waals surface area contributed by atoms with E-state index < -0.39 is 0 Å². The first-order valence-electron chi connectivity index (χ1n) is 30.9. The third kappa shape index (κ3) is 6.59. The quantitative estimate of drug-likeness (QED) is 0.175. The van der Waals surface area contributed by atoms with E-state index >= 15 is 0 Å². The van der Waals surface area contributed by atoms with Gasteiger partial charge in [0.15, 0.2) is 0 Å². The second-order valence-electron chi connectivity index (χ2n) is 28.7. The average Bonchev–Trinajstić information content (AvgIpc) is 4.19. The van der Waals surface area contributed by atoms with Crippen LogP contribution >= 0.6 is 0 Å². The van der Waals surface area contributed by atoms with Gasteiger partial charge in [0.1, 0.15) is 0 Å². The summed E-state index contributed by atoms with van der Waals surface area (Å²) in [6.45, 7) is 1.14. The van der Waals surface area contributed by atoms with Gasteiger partial charge in [0.05, 0.1) is 0 Å². The molecule has 17 rings (SSSR count). The number of hydrogen-bond acceptors (Lipinski definition) is 11. The van der Waals surface area contributed by atoms with Crippen LogP contribution in [-0.2, 0) is 0 Å². The second kappa shape index (κ2) is 16.5. The number of piperazine rings is 2. The van der Waals surface area contributed by atoms with Crippen LogP contribution in [0.4, 0.5) is 0 Å². The SMILES string of the molecule is C1CC2CC3CC4CC5CCCC(C6CCC7C(N6)C6NC(CCC6C6NC8C9CCC%10NC9C9NC(CNC9C8NC76)C6CCCC7CC(CC8CC9CCCC%10C9N8)NC76)C(C1)C2N3)C5N4. The summed E-state index contributed by atoms with van der Waals surface area (Å²) in [4.78, 5) is 0. The van der Waals surface area contributed by atoms with Crippen LogP contribution in [0, 0.1) is 65.1 Å². The fraction of sp³-hybridized carbons (Fsp3) is 1.00. The molecule has 11 nitrogen and oxygen atoms in total. The largest absolute Gasteiger partial charge is 0.311 e. The van der Waals surface area contributed by atoms with E-state index in [0.29, 0.717) is 108 Å². The first-order chi connectivity index (χ1) is 33.6. The van der Waals surface area contributed by atoms with Crippen molar-refractivity contribution in [3.63, 3.8) is 0 Å². The standard InChI is InChI=1S/C57H93N11/c1-5-26-19-30-23-31-20-27-6-2-10-35(46(27)60-31)42-17-14-39-50(64-42)49-38(13-16-41(63-49)34(9-1)45(26)59-30)51-52(39)68-57-54(67-51)40-15-18-43-36-11-3-7-28-21-32(61-47(28)36)24-33-22-29-8-4-12-37(48(29)62-33)44-25-58-55(57)56(66-44)53(40)65-43/h26-68H,1-25H2. The van der Waals surface area contributed by atoms with E-state index in [4.69, 9.17) is 26.6 Å². The Morgan fingerprint density at radius 3 is 0.956 bits per heavy atom. The summed E-state index contributed by atoms with van der Waals surface area (Å²) >= 11 is 0. The number of hydrogen-bond donors (Lipinski definition) is 11. The third-order valence-electron chi connectivity index (χ3n) is 26.1. The maximum Gasteiger partial charge on any atom is 0.0407 e. The topological polar surface area (TPSA) is 132 Å². The van der Waals surface area contributed by atoms with Crippen LogP contribution in [-0.4, -0.2) is 133 Å². The Kier molecular flexibility index (Phi) is 10.4. The molecule has 6 aliphatic carbocycles. The Balaban J connectivity index is 0.711. The molecule has 16 bridgehead atoms. The molecule has 11 heteroatoms. The molecule has 0 spiro atoms. The van der Waals surface area contributed by atoms with E-state index in [1.54, 1.807) is 0 Å².